The van der Waals surface area contributed by atoms with E-state index in [0.29, 0.717) is 19.3 Å². The van der Waals surface area contributed by atoms with Crippen LogP contribution in [0.3, 0.4) is 0 Å². The number of rotatable bonds is 2. The Morgan fingerprint density at radius 3 is 3.11 bits per heavy atom. The fourth-order valence-electron chi connectivity index (χ4n) is 2.04. The second-order valence-electron chi connectivity index (χ2n) is 4.23. The number of hydrogen-bond donors (Lipinski definition) is 2. The SMILES string of the molecule is CCC=C(O)c1cc(N)c(Cl)c2c1C=CCCP2. The largest absolute Gasteiger partial charge is 0.508 e. The van der Waals surface area contributed by atoms with Crippen LogP contribution in [0.1, 0.15) is 30.9 Å². The molecule has 0 aliphatic carbocycles. The van der Waals surface area contributed by atoms with E-state index in [1.165, 1.54) is 0 Å². The Kier molecular flexibility index (Phi) is 4.31. The highest BCUT2D eigenvalue weighted by atomic mass is 35.5. The van der Waals surface area contributed by atoms with Crippen molar-refractivity contribution < 1.29 is 5.11 Å². The average molecular weight is 282 g/mol. The van der Waals surface area contributed by atoms with Crippen LogP contribution in [0.4, 0.5) is 5.69 Å². The van der Waals surface area contributed by atoms with Crippen molar-refractivity contribution in [2.75, 3.05) is 11.9 Å². The minimum atomic E-state index is 0.286. The van der Waals surface area contributed by atoms with Crippen LogP contribution in [0, 0.1) is 0 Å². The Balaban J connectivity index is 2.66. The van der Waals surface area contributed by atoms with Gasteiger partial charge in [-0.25, -0.2) is 0 Å². The van der Waals surface area contributed by atoms with Gasteiger partial charge in [0.2, 0.25) is 0 Å². The number of benzene rings is 1. The van der Waals surface area contributed by atoms with Crippen LogP contribution < -0.4 is 11.0 Å². The van der Waals surface area contributed by atoms with Gasteiger partial charge in [-0.2, -0.15) is 0 Å². The molecule has 0 spiro atoms. The minimum absolute atomic E-state index is 0.286. The molecule has 1 unspecified atom stereocenters. The number of anilines is 1. The second-order valence-corrected chi connectivity index (χ2v) is 5.96. The lowest BCUT2D eigenvalue weighted by Crippen LogP contribution is -2.09. The van der Waals surface area contributed by atoms with Crippen molar-refractivity contribution in [2.24, 2.45) is 0 Å². The Hall–Kier alpha value is -0.980. The molecule has 1 aliphatic heterocycles. The van der Waals surface area contributed by atoms with Crippen molar-refractivity contribution in [2.45, 2.75) is 19.8 Å². The first-order valence-corrected chi connectivity index (χ1v) is 7.65. The fraction of sp³-hybridized carbons (Fsp3) is 0.286. The van der Waals surface area contributed by atoms with E-state index < -0.39 is 0 Å². The molecule has 3 N–H and O–H groups in total. The third kappa shape index (κ3) is 2.55. The van der Waals surface area contributed by atoms with Crippen LogP contribution in [0.15, 0.2) is 18.2 Å². The zero-order chi connectivity index (χ0) is 13.1. The molecule has 1 heterocycles. The summed E-state index contributed by atoms with van der Waals surface area (Å²) in [6.07, 6.45) is 8.90. The molecular formula is C14H17ClNOP. The summed E-state index contributed by atoms with van der Waals surface area (Å²) in [5.41, 5.74) is 8.30. The molecule has 0 saturated carbocycles. The van der Waals surface area contributed by atoms with Gasteiger partial charge in [-0.3, -0.25) is 0 Å². The van der Waals surface area contributed by atoms with Gasteiger partial charge in [0.1, 0.15) is 5.76 Å². The van der Waals surface area contributed by atoms with Gasteiger partial charge in [0.15, 0.2) is 0 Å². The molecule has 0 amide bonds. The zero-order valence-electron chi connectivity index (χ0n) is 10.3. The summed E-state index contributed by atoms with van der Waals surface area (Å²) in [7, 11) is 0.639. The highest BCUT2D eigenvalue weighted by molar-refractivity contribution is 7.47. The van der Waals surface area contributed by atoms with Gasteiger partial charge in [-0.15, -0.1) is 0 Å². The highest BCUT2D eigenvalue weighted by Crippen LogP contribution is 2.34. The summed E-state index contributed by atoms with van der Waals surface area (Å²) in [4.78, 5) is 0. The van der Waals surface area contributed by atoms with E-state index in [4.69, 9.17) is 17.3 Å². The summed E-state index contributed by atoms with van der Waals surface area (Å²) in [6.45, 7) is 1.99. The van der Waals surface area contributed by atoms with E-state index in [2.05, 4.69) is 12.2 Å². The molecule has 1 aromatic rings. The number of aliphatic hydroxyl groups is 1. The lowest BCUT2D eigenvalue weighted by Gasteiger charge is -2.14. The summed E-state index contributed by atoms with van der Waals surface area (Å²) < 4.78 is 0. The molecule has 2 nitrogen and oxygen atoms in total. The monoisotopic (exact) mass is 281 g/mol. The Morgan fingerprint density at radius 2 is 2.39 bits per heavy atom. The molecule has 0 radical (unpaired) electrons. The second kappa shape index (κ2) is 5.77. The third-order valence-corrected chi connectivity index (χ3v) is 4.88. The maximum atomic E-state index is 10.1. The van der Waals surface area contributed by atoms with Crippen molar-refractivity contribution in [3.05, 3.63) is 34.4 Å². The Morgan fingerprint density at radius 1 is 1.61 bits per heavy atom. The van der Waals surface area contributed by atoms with Gasteiger partial charge in [0, 0.05) is 10.9 Å². The van der Waals surface area contributed by atoms with Gasteiger partial charge in [0.25, 0.3) is 0 Å². The molecule has 96 valence electrons. The minimum Gasteiger partial charge on any atom is -0.508 e. The quantitative estimate of drug-likeness (QED) is 0.490. The highest BCUT2D eigenvalue weighted by Gasteiger charge is 2.17. The van der Waals surface area contributed by atoms with Gasteiger partial charge in [0.05, 0.1) is 10.7 Å². The number of aliphatic hydroxyl groups excluding tert-OH is 1. The predicted molar refractivity (Wildman–Crippen MR) is 83.2 cm³/mol. The zero-order valence-corrected chi connectivity index (χ0v) is 12.1. The molecule has 18 heavy (non-hydrogen) atoms. The van der Waals surface area contributed by atoms with Gasteiger partial charge in [-0.1, -0.05) is 39.3 Å². The molecule has 0 saturated heterocycles. The van der Waals surface area contributed by atoms with E-state index in [1.807, 2.05) is 6.92 Å². The van der Waals surface area contributed by atoms with Crippen molar-refractivity contribution in [3.8, 4) is 0 Å². The van der Waals surface area contributed by atoms with Crippen LogP contribution in [-0.2, 0) is 0 Å². The lowest BCUT2D eigenvalue weighted by atomic mass is 10.0. The van der Waals surface area contributed by atoms with E-state index in [-0.39, 0.29) is 5.76 Å². The van der Waals surface area contributed by atoms with Crippen molar-refractivity contribution in [1.29, 1.82) is 0 Å². The molecular weight excluding hydrogens is 265 g/mol. The molecule has 0 bridgehead atoms. The first-order chi connectivity index (χ1) is 8.65. The molecule has 1 aliphatic rings. The third-order valence-electron chi connectivity index (χ3n) is 2.90. The van der Waals surface area contributed by atoms with Crippen molar-refractivity contribution in [1.82, 2.24) is 0 Å². The van der Waals surface area contributed by atoms with Crippen LogP contribution >= 0.6 is 20.2 Å². The maximum Gasteiger partial charge on any atom is 0.119 e. The van der Waals surface area contributed by atoms with Crippen molar-refractivity contribution >= 4 is 43.0 Å². The molecule has 1 aromatic carbocycles. The van der Waals surface area contributed by atoms with Crippen LogP contribution in [0.2, 0.25) is 5.02 Å². The van der Waals surface area contributed by atoms with Crippen LogP contribution in [-0.4, -0.2) is 11.3 Å². The van der Waals surface area contributed by atoms with Crippen LogP contribution in [0.5, 0.6) is 0 Å². The summed E-state index contributed by atoms with van der Waals surface area (Å²) >= 11 is 6.28. The molecule has 4 heteroatoms. The van der Waals surface area contributed by atoms with Crippen molar-refractivity contribution in [3.63, 3.8) is 0 Å². The number of allylic oxidation sites excluding steroid dienone is 2. The molecule has 1 atom stereocenters. The number of nitrogen functional groups attached to an aromatic ring is 1. The standard InChI is InChI=1S/C14H17ClNOP/c1-2-5-12(17)10-8-11(16)13(15)14-9(10)6-3-4-7-18-14/h3,5-6,8,17-18H,2,4,7,16H2,1H3. The first kappa shape index (κ1) is 13.5. The molecule has 0 aromatic heterocycles. The number of hydrogen-bond acceptors (Lipinski definition) is 2. The van der Waals surface area contributed by atoms with Gasteiger partial charge >= 0.3 is 0 Å². The Bertz CT molecular complexity index is 523. The topological polar surface area (TPSA) is 46.2 Å². The average Bonchev–Trinajstić information content (AvgIpc) is 2.59. The summed E-state index contributed by atoms with van der Waals surface area (Å²) in [6, 6.07) is 1.77. The van der Waals surface area contributed by atoms with E-state index in [1.54, 1.807) is 12.1 Å². The first-order valence-electron chi connectivity index (χ1n) is 6.07. The summed E-state index contributed by atoms with van der Waals surface area (Å²) in [5, 5.41) is 11.8. The van der Waals surface area contributed by atoms with Gasteiger partial charge in [-0.05, 0) is 36.7 Å². The lowest BCUT2D eigenvalue weighted by molar-refractivity contribution is 0.509. The Labute approximate surface area is 114 Å². The summed E-state index contributed by atoms with van der Waals surface area (Å²) in [5.74, 6) is 0.286. The molecule has 0 fully saturated rings. The van der Waals surface area contributed by atoms with E-state index in [9.17, 15) is 5.11 Å². The van der Waals surface area contributed by atoms with E-state index >= 15 is 0 Å². The fourth-order valence-corrected chi connectivity index (χ4v) is 3.66. The number of halogens is 1. The van der Waals surface area contributed by atoms with E-state index in [0.717, 1.165) is 35.4 Å². The predicted octanol–water partition coefficient (Wildman–Crippen LogP) is 3.95. The van der Waals surface area contributed by atoms with Crippen LogP contribution in [0.25, 0.3) is 11.8 Å². The normalized spacial score (nSPS) is 16.7. The smallest absolute Gasteiger partial charge is 0.119 e. The van der Waals surface area contributed by atoms with Gasteiger partial charge < -0.3 is 10.8 Å². The maximum absolute atomic E-state index is 10.1. The number of nitrogens with two attached hydrogens (primary N) is 1. The molecule has 2 rings (SSSR count). The number of fused-ring (bicyclic) bond motifs is 1.